The number of hydrogen-bond donors (Lipinski definition) is 0. The Hall–Kier alpha value is -1.03. The van der Waals surface area contributed by atoms with Gasteiger partial charge in [-0.15, -0.1) is 0 Å². The second-order valence-electron chi connectivity index (χ2n) is 7.59. The van der Waals surface area contributed by atoms with E-state index in [4.69, 9.17) is 4.74 Å². The molecule has 1 atom stereocenters. The average Bonchev–Trinajstić information content (AvgIpc) is 2.65. The van der Waals surface area contributed by atoms with E-state index in [2.05, 4.69) is 36.7 Å². The summed E-state index contributed by atoms with van der Waals surface area (Å²) < 4.78 is 5.44. The predicted molar refractivity (Wildman–Crippen MR) is 108 cm³/mol. The first kappa shape index (κ1) is 20.3. The van der Waals surface area contributed by atoms with Crippen molar-refractivity contribution in [2.45, 2.75) is 64.2 Å². The minimum Gasteiger partial charge on any atom is -0.496 e. The van der Waals surface area contributed by atoms with E-state index in [0.717, 1.165) is 29.1 Å². The van der Waals surface area contributed by atoms with E-state index in [9.17, 15) is 4.79 Å². The van der Waals surface area contributed by atoms with Gasteiger partial charge in [0.1, 0.15) is 5.75 Å². The molecular formula is C21H32BrNO2. The summed E-state index contributed by atoms with van der Waals surface area (Å²) in [6.07, 6.45) is 6.69. The maximum atomic E-state index is 13.1. The van der Waals surface area contributed by atoms with Crippen LogP contribution in [0.5, 0.6) is 5.75 Å². The average molecular weight is 410 g/mol. The van der Waals surface area contributed by atoms with Crippen molar-refractivity contribution in [1.29, 1.82) is 0 Å². The Bertz CT molecular complexity index is 567. The third-order valence-corrected chi connectivity index (χ3v) is 6.11. The molecule has 0 unspecified atom stereocenters. The molecule has 1 aliphatic carbocycles. The number of benzene rings is 1. The zero-order valence-corrected chi connectivity index (χ0v) is 17.6. The van der Waals surface area contributed by atoms with Gasteiger partial charge < -0.3 is 9.64 Å². The predicted octanol–water partition coefficient (Wildman–Crippen LogP) is 5.66. The van der Waals surface area contributed by atoms with E-state index in [0.29, 0.717) is 11.5 Å². The van der Waals surface area contributed by atoms with Gasteiger partial charge in [0.15, 0.2) is 0 Å². The Morgan fingerprint density at radius 1 is 1.24 bits per heavy atom. The van der Waals surface area contributed by atoms with Crippen molar-refractivity contribution in [3.63, 3.8) is 0 Å². The van der Waals surface area contributed by atoms with Crippen molar-refractivity contribution in [1.82, 2.24) is 4.90 Å². The largest absolute Gasteiger partial charge is 0.496 e. The maximum absolute atomic E-state index is 13.1. The molecule has 1 fully saturated rings. The molecular weight excluding hydrogens is 378 g/mol. The fourth-order valence-corrected chi connectivity index (χ4v) is 4.31. The lowest BCUT2D eigenvalue weighted by molar-refractivity contribution is 0.0639. The number of carbonyl (C=O) groups excluding carboxylic acids is 1. The van der Waals surface area contributed by atoms with Gasteiger partial charge in [0, 0.05) is 29.0 Å². The molecule has 0 spiro atoms. The highest BCUT2D eigenvalue weighted by Crippen LogP contribution is 2.31. The van der Waals surface area contributed by atoms with Crippen molar-refractivity contribution in [2.75, 3.05) is 13.7 Å². The van der Waals surface area contributed by atoms with Crippen molar-refractivity contribution in [3.8, 4) is 5.75 Å². The molecule has 4 heteroatoms. The Kier molecular flexibility index (Phi) is 7.80. The van der Waals surface area contributed by atoms with Crippen LogP contribution in [0.25, 0.3) is 0 Å². The molecule has 1 amide bonds. The summed E-state index contributed by atoms with van der Waals surface area (Å²) in [6.45, 7) is 7.36. The number of ether oxygens (including phenoxy) is 1. The summed E-state index contributed by atoms with van der Waals surface area (Å²) in [7, 11) is 1.65. The standard InChI is InChI=1S/C21H32BrNO2/c1-15(2)23(14-16(3)17-8-6-5-7-9-17)21(24)18-10-11-19(13-22)20(12-18)25-4/h10-12,15-17H,5-9,13-14H2,1-4H3/t16-/m1/s1. The lowest BCUT2D eigenvalue weighted by atomic mass is 9.80. The molecule has 1 aromatic rings. The van der Waals surface area contributed by atoms with Crippen molar-refractivity contribution in [3.05, 3.63) is 29.3 Å². The fraction of sp³-hybridized carbons (Fsp3) is 0.667. The highest BCUT2D eigenvalue weighted by molar-refractivity contribution is 9.08. The van der Waals surface area contributed by atoms with Crippen LogP contribution in [-0.2, 0) is 5.33 Å². The number of methoxy groups -OCH3 is 1. The van der Waals surface area contributed by atoms with Crippen LogP contribution < -0.4 is 4.74 Å². The number of amides is 1. The molecule has 0 bridgehead atoms. The topological polar surface area (TPSA) is 29.5 Å². The first-order valence-electron chi connectivity index (χ1n) is 9.51. The molecule has 25 heavy (non-hydrogen) atoms. The smallest absolute Gasteiger partial charge is 0.254 e. The van der Waals surface area contributed by atoms with Gasteiger partial charge in [0.05, 0.1) is 7.11 Å². The van der Waals surface area contributed by atoms with Gasteiger partial charge in [-0.3, -0.25) is 4.79 Å². The van der Waals surface area contributed by atoms with E-state index in [1.165, 1.54) is 32.1 Å². The molecule has 0 radical (unpaired) electrons. The summed E-state index contributed by atoms with van der Waals surface area (Å²) in [6, 6.07) is 5.96. The lowest BCUT2D eigenvalue weighted by Crippen LogP contribution is -2.41. The minimum atomic E-state index is 0.108. The summed E-state index contributed by atoms with van der Waals surface area (Å²) >= 11 is 3.46. The first-order chi connectivity index (χ1) is 12.0. The van der Waals surface area contributed by atoms with Gasteiger partial charge in [0.2, 0.25) is 0 Å². The Morgan fingerprint density at radius 2 is 1.92 bits per heavy atom. The second-order valence-corrected chi connectivity index (χ2v) is 8.15. The number of alkyl halides is 1. The van der Waals surface area contributed by atoms with Crippen LogP contribution in [0.4, 0.5) is 0 Å². The third-order valence-electron chi connectivity index (χ3n) is 5.50. The van der Waals surface area contributed by atoms with E-state index in [1.807, 2.05) is 23.1 Å². The summed E-state index contributed by atoms with van der Waals surface area (Å²) in [5.41, 5.74) is 1.77. The summed E-state index contributed by atoms with van der Waals surface area (Å²) in [5.74, 6) is 2.19. The number of rotatable bonds is 7. The van der Waals surface area contributed by atoms with E-state index in [1.54, 1.807) is 7.11 Å². The van der Waals surface area contributed by atoms with Gasteiger partial charge in [0.25, 0.3) is 5.91 Å². The van der Waals surface area contributed by atoms with Crippen molar-refractivity contribution < 1.29 is 9.53 Å². The molecule has 2 rings (SSSR count). The normalized spacial score (nSPS) is 16.7. The van der Waals surface area contributed by atoms with Gasteiger partial charge in [-0.25, -0.2) is 0 Å². The second kappa shape index (κ2) is 9.61. The maximum Gasteiger partial charge on any atom is 0.254 e. The highest BCUT2D eigenvalue weighted by atomic mass is 79.9. The highest BCUT2D eigenvalue weighted by Gasteiger charge is 2.26. The zero-order chi connectivity index (χ0) is 18.4. The molecule has 1 saturated carbocycles. The zero-order valence-electron chi connectivity index (χ0n) is 16.1. The Labute approximate surface area is 161 Å². The number of hydrogen-bond acceptors (Lipinski definition) is 2. The van der Waals surface area contributed by atoms with E-state index in [-0.39, 0.29) is 11.9 Å². The van der Waals surface area contributed by atoms with Gasteiger partial charge in [-0.2, -0.15) is 0 Å². The lowest BCUT2D eigenvalue weighted by Gasteiger charge is -2.34. The van der Waals surface area contributed by atoms with Crippen LogP contribution in [0, 0.1) is 11.8 Å². The molecule has 0 aliphatic heterocycles. The molecule has 1 aromatic carbocycles. The van der Waals surface area contributed by atoms with Crippen LogP contribution in [0.3, 0.4) is 0 Å². The van der Waals surface area contributed by atoms with E-state index >= 15 is 0 Å². The van der Waals surface area contributed by atoms with Crippen molar-refractivity contribution >= 4 is 21.8 Å². The SMILES string of the molecule is COc1cc(C(=O)N(C[C@@H](C)C2CCCCC2)C(C)C)ccc1CBr. The molecule has 0 saturated heterocycles. The van der Waals surface area contributed by atoms with Crippen molar-refractivity contribution in [2.24, 2.45) is 11.8 Å². The monoisotopic (exact) mass is 409 g/mol. The van der Waals surface area contributed by atoms with E-state index < -0.39 is 0 Å². The van der Waals surface area contributed by atoms with Gasteiger partial charge in [-0.05, 0) is 37.8 Å². The van der Waals surface area contributed by atoms with Crippen LogP contribution in [0.15, 0.2) is 18.2 Å². The van der Waals surface area contributed by atoms with Crippen LogP contribution in [0.1, 0.15) is 68.8 Å². The first-order valence-corrected chi connectivity index (χ1v) is 10.6. The number of halogens is 1. The van der Waals surface area contributed by atoms with Crippen LogP contribution >= 0.6 is 15.9 Å². The summed E-state index contributed by atoms with van der Waals surface area (Å²) in [5, 5.41) is 0.719. The van der Waals surface area contributed by atoms with Crippen LogP contribution in [0.2, 0.25) is 0 Å². The minimum absolute atomic E-state index is 0.108. The molecule has 0 aromatic heterocycles. The quantitative estimate of drug-likeness (QED) is 0.543. The fourth-order valence-electron chi connectivity index (χ4n) is 3.84. The molecule has 0 N–H and O–H groups in total. The number of carbonyl (C=O) groups is 1. The van der Waals surface area contributed by atoms with Gasteiger partial charge >= 0.3 is 0 Å². The van der Waals surface area contributed by atoms with Gasteiger partial charge in [-0.1, -0.05) is 61.0 Å². The summed E-state index contributed by atoms with van der Waals surface area (Å²) in [4.78, 5) is 15.2. The Morgan fingerprint density at radius 3 is 2.48 bits per heavy atom. The molecule has 3 nitrogen and oxygen atoms in total. The Balaban J connectivity index is 2.14. The molecule has 0 heterocycles. The molecule has 140 valence electrons. The third kappa shape index (κ3) is 5.22. The van der Waals surface area contributed by atoms with Crippen LogP contribution in [-0.4, -0.2) is 30.5 Å². The number of nitrogens with zero attached hydrogens (tertiary/aromatic N) is 1. The molecule has 1 aliphatic rings.